The predicted octanol–water partition coefficient (Wildman–Crippen LogP) is 2.44. The van der Waals surface area contributed by atoms with Gasteiger partial charge >= 0.3 is 0 Å². The van der Waals surface area contributed by atoms with Crippen LogP contribution in [0.1, 0.15) is 18.4 Å². The van der Waals surface area contributed by atoms with E-state index in [1.165, 1.54) is 18.5 Å². The van der Waals surface area contributed by atoms with Crippen molar-refractivity contribution in [3.63, 3.8) is 0 Å². The molecule has 1 aromatic carbocycles. The summed E-state index contributed by atoms with van der Waals surface area (Å²) >= 11 is 6.20. The fourth-order valence-electron chi connectivity index (χ4n) is 2.07. The Balaban J connectivity index is 2.16. The van der Waals surface area contributed by atoms with Crippen molar-refractivity contribution in [2.75, 3.05) is 24.5 Å². The first-order chi connectivity index (χ1) is 7.31. The second-order valence-electron chi connectivity index (χ2n) is 4.01. The Bertz CT molecular complexity index is 332. The number of rotatable bonds is 3. The molecule has 1 aliphatic rings. The number of hydrogen-bond acceptors (Lipinski definition) is 2. The second kappa shape index (κ2) is 4.86. The molecule has 1 aliphatic heterocycles. The van der Waals surface area contributed by atoms with E-state index in [1.54, 1.807) is 0 Å². The van der Waals surface area contributed by atoms with Gasteiger partial charge in [0.1, 0.15) is 0 Å². The average molecular weight is 225 g/mol. The molecule has 1 saturated heterocycles. The van der Waals surface area contributed by atoms with Crippen LogP contribution in [0, 0.1) is 0 Å². The van der Waals surface area contributed by atoms with Crippen molar-refractivity contribution in [2.45, 2.75) is 19.3 Å². The summed E-state index contributed by atoms with van der Waals surface area (Å²) in [6, 6.07) is 6.32. The molecule has 2 rings (SSSR count). The first kappa shape index (κ1) is 10.8. The van der Waals surface area contributed by atoms with E-state index in [0.717, 1.165) is 30.1 Å². The normalized spacial score (nSPS) is 16.0. The van der Waals surface area contributed by atoms with Crippen LogP contribution in [0.15, 0.2) is 18.2 Å². The lowest BCUT2D eigenvalue weighted by atomic mass is 10.1. The maximum absolute atomic E-state index is 6.20. The summed E-state index contributed by atoms with van der Waals surface area (Å²) < 4.78 is 0. The first-order valence-electron chi connectivity index (χ1n) is 5.54. The lowest BCUT2D eigenvalue weighted by Gasteiger charge is -2.18. The second-order valence-corrected chi connectivity index (χ2v) is 4.42. The molecule has 0 spiro atoms. The number of nitrogens with two attached hydrogens (primary N) is 1. The van der Waals surface area contributed by atoms with Gasteiger partial charge < -0.3 is 10.6 Å². The number of benzene rings is 1. The van der Waals surface area contributed by atoms with Gasteiger partial charge in [0, 0.05) is 23.8 Å². The van der Waals surface area contributed by atoms with Crippen molar-refractivity contribution in [1.82, 2.24) is 0 Å². The third-order valence-electron chi connectivity index (χ3n) is 2.92. The van der Waals surface area contributed by atoms with Gasteiger partial charge in [-0.1, -0.05) is 17.7 Å². The largest absolute Gasteiger partial charge is 0.371 e. The summed E-state index contributed by atoms with van der Waals surface area (Å²) in [5, 5.41) is 0.852. The Kier molecular flexibility index (Phi) is 3.49. The maximum Gasteiger partial charge on any atom is 0.0459 e. The molecule has 0 aliphatic carbocycles. The molecule has 0 bridgehead atoms. The lowest BCUT2D eigenvalue weighted by Crippen LogP contribution is -2.17. The number of halogens is 1. The minimum absolute atomic E-state index is 0.656. The molecule has 0 radical (unpaired) electrons. The highest BCUT2D eigenvalue weighted by Gasteiger charge is 2.13. The summed E-state index contributed by atoms with van der Waals surface area (Å²) in [4.78, 5) is 2.39. The van der Waals surface area contributed by atoms with Crippen molar-refractivity contribution < 1.29 is 0 Å². The van der Waals surface area contributed by atoms with Crippen molar-refractivity contribution in [1.29, 1.82) is 0 Å². The van der Waals surface area contributed by atoms with E-state index in [1.807, 2.05) is 0 Å². The summed E-state index contributed by atoms with van der Waals surface area (Å²) in [5.74, 6) is 0. The molecule has 1 aromatic rings. The van der Waals surface area contributed by atoms with Crippen LogP contribution in [0.4, 0.5) is 5.69 Å². The van der Waals surface area contributed by atoms with Gasteiger partial charge in [0.05, 0.1) is 0 Å². The molecular formula is C12H17ClN2. The van der Waals surface area contributed by atoms with Gasteiger partial charge in [-0.3, -0.25) is 0 Å². The van der Waals surface area contributed by atoms with Crippen LogP contribution in [0.5, 0.6) is 0 Å². The quantitative estimate of drug-likeness (QED) is 0.855. The first-order valence-corrected chi connectivity index (χ1v) is 5.92. The molecule has 3 heteroatoms. The highest BCUT2D eigenvalue weighted by atomic mass is 35.5. The molecule has 0 aromatic heterocycles. The predicted molar refractivity (Wildman–Crippen MR) is 65.7 cm³/mol. The molecule has 2 nitrogen and oxygen atoms in total. The van der Waals surface area contributed by atoms with Crippen LogP contribution >= 0.6 is 11.6 Å². The molecule has 1 heterocycles. The van der Waals surface area contributed by atoms with Gasteiger partial charge in [-0.05, 0) is 43.5 Å². The molecule has 82 valence electrons. The zero-order valence-electron chi connectivity index (χ0n) is 8.88. The zero-order valence-corrected chi connectivity index (χ0v) is 9.63. The van der Waals surface area contributed by atoms with Crippen LogP contribution in [-0.4, -0.2) is 19.6 Å². The van der Waals surface area contributed by atoms with E-state index in [2.05, 4.69) is 23.1 Å². The summed E-state index contributed by atoms with van der Waals surface area (Å²) in [5.41, 5.74) is 7.92. The van der Waals surface area contributed by atoms with Crippen molar-refractivity contribution >= 4 is 17.3 Å². The van der Waals surface area contributed by atoms with Crippen LogP contribution in [0.25, 0.3) is 0 Å². The van der Waals surface area contributed by atoms with Crippen LogP contribution in [-0.2, 0) is 6.42 Å². The smallest absolute Gasteiger partial charge is 0.0459 e. The van der Waals surface area contributed by atoms with Crippen LogP contribution in [0.2, 0.25) is 5.02 Å². The molecule has 0 saturated carbocycles. The van der Waals surface area contributed by atoms with Gasteiger partial charge in [-0.25, -0.2) is 0 Å². The third-order valence-corrected chi connectivity index (χ3v) is 3.27. The Hall–Kier alpha value is -0.730. The fourth-order valence-corrected chi connectivity index (χ4v) is 2.34. The van der Waals surface area contributed by atoms with E-state index < -0.39 is 0 Å². The summed E-state index contributed by atoms with van der Waals surface area (Å²) in [7, 11) is 0. The highest BCUT2D eigenvalue weighted by Crippen LogP contribution is 2.26. The van der Waals surface area contributed by atoms with Gasteiger partial charge in [0.2, 0.25) is 0 Å². The van der Waals surface area contributed by atoms with Crippen LogP contribution in [0.3, 0.4) is 0 Å². The number of hydrogen-bond donors (Lipinski definition) is 1. The van der Waals surface area contributed by atoms with Gasteiger partial charge in [-0.2, -0.15) is 0 Å². The number of anilines is 1. The van der Waals surface area contributed by atoms with E-state index >= 15 is 0 Å². The van der Waals surface area contributed by atoms with E-state index in [0.29, 0.717) is 6.54 Å². The molecule has 1 fully saturated rings. The monoisotopic (exact) mass is 224 g/mol. The third kappa shape index (κ3) is 2.44. The molecule has 0 unspecified atom stereocenters. The Morgan fingerprint density at radius 1 is 1.27 bits per heavy atom. The molecule has 0 atom stereocenters. The van der Waals surface area contributed by atoms with Gasteiger partial charge in [0.25, 0.3) is 0 Å². The van der Waals surface area contributed by atoms with Gasteiger partial charge in [-0.15, -0.1) is 0 Å². The molecule has 2 N–H and O–H groups in total. The Morgan fingerprint density at radius 2 is 2.00 bits per heavy atom. The standard InChI is InChI=1S/C12H17ClN2/c13-12-9-11(15-7-1-2-8-15)4-3-10(12)5-6-14/h3-4,9H,1-2,5-8,14H2. The molecule has 15 heavy (non-hydrogen) atoms. The summed E-state index contributed by atoms with van der Waals surface area (Å²) in [6.45, 7) is 2.97. The van der Waals surface area contributed by atoms with Crippen molar-refractivity contribution in [3.05, 3.63) is 28.8 Å². The Labute approximate surface area is 96.0 Å². The van der Waals surface area contributed by atoms with Gasteiger partial charge in [0.15, 0.2) is 0 Å². The zero-order chi connectivity index (χ0) is 10.7. The van der Waals surface area contributed by atoms with E-state index in [-0.39, 0.29) is 0 Å². The number of nitrogens with zero attached hydrogens (tertiary/aromatic N) is 1. The topological polar surface area (TPSA) is 29.3 Å². The van der Waals surface area contributed by atoms with Crippen LogP contribution < -0.4 is 10.6 Å². The fraction of sp³-hybridized carbons (Fsp3) is 0.500. The van der Waals surface area contributed by atoms with E-state index in [4.69, 9.17) is 17.3 Å². The molecular weight excluding hydrogens is 208 g/mol. The Morgan fingerprint density at radius 3 is 2.60 bits per heavy atom. The highest BCUT2D eigenvalue weighted by molar-refractivity contribution is 6.31. The van der Waals surface area contributed by atoms with Crippen molar-refractivity contribution in [3.8, 4) is 0 Å². The minimum Gasteiger partial charge on any atom is -0.371 e. The SMILES string of the molecule is NCCc1ccc(N2CCCC2)cc1Cl. The minimum atomic E-state index is 0.656. The summed E-state index contributed by atoms with van der Waals surface area (Å²) in [6.07, 6.45) is 3.45. The average Bonchev–Trinajstić information content (AvgIpc) is 2.74. The van der Waals surface area contributed by atoms with Crippen molar-refractivity contribution in [2.24, 2.45) is 5.73 Å². The maximum atomic E-state index is 6.20. The van der Waals surface area contributed by atoms with E-state index in [9.17, 15) is 0 Å². The lowest BCUT2D eigenvalue weighted by molar-refractivity contribution is 0.949. The molecule has 0 amide bonds.